The number of rotatable bonds is 4. The van der Waals surface area contributed by atoms with E-state index < -0.39 is 0 Å². The lowest BCUT2D eigenvalue weighted by Gasteiger charge is -2.08. The van der Waals surface area contributed by atoms with E-state index in [1.165, 1.54) is 5.84 Å². The molecule has 1 aromatic carbocycles. The van der Waals surface area contributed by atoms with Gasteiger partial charge in [-0.2, -0.15) is 0 Å². The number of carbonyl (C=O) groups is 1. The van der Waals surface area contributed by atoms with Crippen LogP contribution in [0.5, 0.6) is 0 Å². The molecule has 2 rings (SSSR count). The topological polar surface area (TPSA) is 32.5 Å². The summed E-state index contributed by atoms with van der Waals surface area (Å²) in [4.78, 5) is 13.9. The number of likely N-dealkylation sites (N-methyl/N-ethyl adjacent to an activating group) is 2. The molecule has 1 heterocycles. The number of amidine groups is 1. The standard InChI is InChI=1S/C14H18BrN2O2/c1-16-8-9-17(2)13(16)11-3-5-12(6-4-11)14(18)19-10-7-15/h3-6H,7-10H2,1-2H3/q+1. The lowest BCUT2D eigenvalue weighted by atomic mass is 10.1. The van der Waals surface area contributed by atoms with Crippen molar-refractivity contribution in [3.8, 4) is 0 Å². The van der Waals surface area contributed by atoms with E-state index in [0.29, 0.717) is 17.5 Å². The van der Waals surface area contributed by atoms with Crippen molar-refractivity contribution in [1.29, 1.82) is 0 Å². The lowest BCUT2D eigenvalue weighted by molar-refractivity contribution is -0.486. The van der Waals surface area contributed by atoms with Gasteiger partial charge >= 0.3 is 5.97 Å². The molecule has 0 saturated heterocycles. The largest absolute Gasteiger partial charge is 0.461 e. The van der Waals surface area contributed by atoms with Crippen LogP contribution in [-0.4, -0.2) is 60.4 Å². The second kappa shape index (κ2) is 6.19. The highest BCUT2D eigenvalue weighted by Gasteiger charge is 2.26. The fourth-order valence-corrected chi connectivity index (χ4v) is 2.38. The summed E-state index contributed by atoms with van der Waals surface area (Å²) in [6.45, 7) is 2.45. The third-order valence-corrected chi connectivity index (χ3v) is 3.51. The van der Waals surface area contributed by atoms with Crippen molar-refractivity contribution in [3.63, 3.8) is 0 Å². The van der Waals surface area contributed by atoms with Crippen molar-refractivity contribution in [2.75, 3.05) is 39.1 Å². The predicted octanol–water partition coefficient (Wildman–Crippen LogP) is 1.57. The van der Waals surface area contributed by atoms with Crippen LogP contribution >= 0.6 is 15.9 Å². The molecule has 0 N–H and O–H groups in total. The highest BCUT2D eigenvalue weighted by atomic mass is 79.9. The van der Waals surface area contributed by atoms with Crippen LogP contribution in [0.1, 0.15) is 15.9 Å². The normalized spacial score (nSPS) is 15.0. The molecule has 0 atom stereocenters. The molecule has 102 valence electrons. The van der Waals surface area contributed by atoms with E-state index in [1.54, 1.807) is 0 Å². The van der Waals surface area contributed by atoms with Gasteiger partial charge in [0, 0.05) is 5.33 Å². The van der Waals surface area contributed by atoms with Gasteiger partial charge in [0.25, 0.3) is 5.84 Å². The Morgan fingerprint density at radius 1 is 1.42 bits per heavy atom. The van der Waals surface area contributed by atoms with Gasteiger partial charge in [-0.25, -0.2) is 4.79 Å². The lowest BCUT2D eigenvalue weighted by Crippen LogP contribution is -2.25. The first-order chi connectivity index (χ1) is 9.13. The van der Waals surface area contributed by atoms with E-state index in [0.717, 1.165) is 18.7 Å². The fourth-order valence-electron chi connectivity index (χ4n) is 2.21. The van der Waals surface area contributed by atoms with E-state index in [1.807, 2.05) is 24.3 Å². The Balaban J connectivity index is 2.15. The quantitative estimate of drug-likeness (QED) is 0.478. The van der Waals surface area contributed by atoms with E-state index >= 15 is 0 Å². The Morgan fingerprint density at radius 2 is 2.11 bits per heavy atom. The van der Waals surface area contributed by atoms with Crippen LogP contribution in [0.3, 0.4) is 0 Å². The van der Waals surface area contributed by atoms with Crippen molar-refractivity contribution >= 4 is 27.7 Å². The summed E-state index contributed by atoms with van der Waals surface area (Å²) >= 11 is 3.23. The third-order valence-electron chi connectivity index (χ3n) is 3.18. The van der Waals surface area contributed by atoms with E-state index in [4.69, 9.17) is 4.74 Å². The summed E-state index contributed by atoms with van der Waals surface area (Å²) in [5.41, 5.74) is 1.72. The van der Waals surface area contributed by atoms with Gasteiger partial charge in [0.1, 0.15) is 19.7 Å². The van der Waals surface area contributed by atoms with E-state index in [2.05, 4.69) is 39.5 Å². The first kappa shape index (κ1) is 14.1. The Kier molecular flexibility index (Phi) is 4.58. The molecule has 0 amide bonds. The summed E-state index contributed by atoms with van der Waals surface area (Å²) in [6, 6.07) is 7.58. The second-order valence-corrected chi connectivity index (χ2v) is 5.36. The molecule has 0 unspecified atom stereocenters. The predicted molar refractivity (Wildman–Crippen MR) is 78.3 cm³/mol. The number of alkyl halides is 1. The molecule has 1 aliphatic heterocycles. The first-order valence-electron chi connectivity index (χ1n) is 6.26. The number of hydrogen-bond donors (Lipinski definition) is 0. The number of hydrogen-bond acceptors (Lipinski definition) is 3. The summed E-state index contributed by atoms with van der Waals surface area (Å²) in [5.74, 6) is 0.921. The molecule has 1 aliphatic rings. The molecule has 19 heavy (non-hydrogen) atoms. The Hall–Kier alpha value is -1.36. The molecule has 0 fully saturated rings. The van der Waals surface area contributed by atoms with Crippen LogP contribution in [0, 0.1) is 0 Å². The number of carbonyl (C=O) groups excluding carboxylic acids is 1. The summed E-state index contributed by atoms with van der Waals surface area (Å²) < 4.78 is 7.29. The van der Waals surface area contributed by atoms with Crippen LogP contribution in [0.15, 0.2) is 24.3 Å². The molecule has 0 aliphatic carbocycles. The van der Waals surface area contributed by atoms with Crippen LogP contribution < -0.4 is 0 Å². The van der Waals surface area contributed by atoms with Gasteiger partial charge in [0.05, 0.1) is 25.2 Å². The molecular formula is C14H18BrN2O2+. The van der Waals surface area contributed by atoms with Gasteiger partial charge in [0.2, 0.25) is 0 Å². The number of halogens is 1. The molecule has 4 nitrogen and oxygen atoms in total. The maximum absolute atomic E-state index is 11.7. The molecule has 0 aromatic heterocycles. The Bertz CT molecular complexity index is 497. The molecule has 0 bridgehead atoms. The van der Waals surface area contributed by atoms with Crippen LogP contribution in [-0.2, 0) is 4.74 Å². The van der Waals surface area contributed by atoms with E-state index in [9.17, 15) is 4.79 Å². The highest BCUT2D eigenvalue weighted by Crippen LogP contribution is 2.11. The van der Waals surface area contributed by atoms with Crippen molar-refractivity contribution < 1.29 is 14.1 Å². The minimum atomic E-state index is -0.274. The molecule has 0 saturated carbocycles. The SMILES string of the molecule is CN1CC[N+](C)=C1c1ccc(C(=O)OCCBr)cc1. The highest BCUT2D eigenvalue weighted by molar-refractivity contribution is 9.09. The van der Waals surface area contributed by atoms with Gasteiger partial charge in [0.15, 0.2) is 0 Å². The van der Waals surface area contributed by atoms with Gasteiger partial charge in [-0.1, -0.05) is 15.9 Å². The molecule has 1 aromatic rings. The van der Waals surface area contributed by atoms with Crippen molar-refractivity contribution in [1.82, 2.24) is 4.90 Å². The van der Waals surface area contributed by atoms with E-state index in [-0.39, 0.29) is 5.97 Å². The van der Waals surface area contributed by atoms with Crippen molar-refractivity contribution in [2.24, 2.45) is 0 Å². The molecule has 0 spiro atoms. The summed E-state index contributed by atoms with van der Waals surface area (Å²) in [5, 5.41) is 0.657. The monoisotopic (exact) mass is 325 g/mol. The molecule has 5 heteroatoms. The Morgan fingerprint density at radius 3 is 2.63 bits per heavy atom. The second-order valence-electron chi connectivity index (χ2n) is 4.57. The van der Waals surface area contributed by atoms with Gasteiger partial charge in [-0.15, -0.1) is 0 Å². The van der Waals surface area contributed by atoms with Gasteiger partial charge in [-0.05, 0) is 24.3 Å². The smallest absolute Gasteiger partial charge is 0.338 e. The maximum Gasteiger partial charge on any atom is 0.338 e. The number of esters is 1. The molecular weight excluding hydrogens is 308 g/mol. The minimum absolute atomic E-state index is 0.274. The van der Waals surface area contributed by atoms with Crippen LogP contribution in [0.25, 0.3) is 0 Å². The van der Waals surface area contributed by atoms with Crippen molar-refractivity contribution in [2.45, 2.75) is 0 Å². The van der Waals surface area contributed by atoms with Gasteiger partial charge < -0.3 is 4.74 Å². The number of benzene rings is 1. The zero-order valence-electron chi connectivity index (χ0n) is 11.2. The number of nitrogens with zero attached hydrogens (tertiary/aromatic N) is 2. The first-order valence-corrected chi connectivity index (χ1v) is 7.38. The minimum Gasteiger partial charge on any atom is -0.461 e. The molecule has 0 radical (unpaired) electrons. The Labute approximate surface area is 121 Å². The third kappa shape index (κ3) is 3.15. The van der Waals surface area contributed by atoms with Crippen molar-refractivity contribution in [3.05, 3.63) is 35.4 Å². The van der Waals surface area contributed by atoms with Gasteiger partial charge in [-0.3, -0.25) is 9.48 Å². The number of ether oxygens (including phenoxy) is 1. The average Bonchev–Trinajstić information content (AvgIpc) is 2.76. The zero-order chi connectivity index (χ0) is 13.8. The fraction of sp³-hybridized carbons (Fsp3) is 0.429. The van der Waals surface area contributed by atoms with Crippen LogP contribution in [0.2, 0.25) is 0 Å². The maximum atomic E-state index is 11.7. The zero-order valence-corrected chi connectivity index (χ0v) is 12.8. The average molecular weight is 326 g/mol. The summed E-state index contributed by atoms with van der Waals surface area (Å²) in [6.07, 6.45) is 0. The van der Waals surface area contributed by atoms with Crippen LogP contribution in [0.4, 0.5) is 0 Å². The summed E-state index contributed by atoms with van der Waals surface area (Å²) in [7, 11) is 4.16.